The number of benzene rings is 3. The molecule has 3 aromatic heterocycles. The van der Waals surface area contributed by atoms with Crippen LogP contribution < -0.4 is 5.32 Å². The van der Waals surface area contributed by atoms with Crippen molar-refractivity contribution in [3.63, 3.8) is 0 Å². The van der Waals surface area contributed by atoms with E-state index in [9.17, 15) is 0 Å². The average Bonchev–Trinajstić information content (AvgIpc) is 3.84. The Morgan fingerprint density at radius 3 is 1.40 bits per heavy atom. The van der Waals surface area contributed by atoms with Gasteiger partial charge in [0.15, 0.2) is 0 Å². The molecule has 0 aliphatic rings. The van der Waals surface area contributed by atoms with E-state index in [0.717, 1.165) is 19.6 Å². The molecule has 0 saturated carbocycles. The molecule has 3 heterocycles. The molecule has 3 nitrogen and oxygen atoms in total. The van der Waals surface area contributed by atoms with Crippen LogP contribution in [0.1, 0.15) is 48.8 Å². The van der Waals surface area contributed by atoms with Crippen LogP contribution in [0.15, 0.2) is 146 Å². The summed E-state index contributed by atoms with van der Waals surface area (Å²) in [6.45, 7) is 14.5. The summed E-state index contributed by atoms with van der Waals surface area (Å²) in [4.78, 5) is 0. The first-order valence-electron chi connectivity index (χ1n) is 16.5. The van der Waals surface area contributed by atoms with Crippen LogP contribution in [0, 0.1) is 13.8 Å². The summed E-state index contributed by atoms with van der Waals surface area (Å²) < 4.78 is 6.97. The maximum absolute atomic E-state index is 2.57. The minimum atomic E-state index is -1.31. The molecule has 0 spiro atoms. The zero-order valence-electron chi connectivity index (χ0n) is 27.9. The maximum atomic E-state index is 2.57. The van der Waals surface area contributed by atoms with Gasteiger partial charge in [0.1, 0.15) is 8.07 Å². The lowest BCUT2D eigenvalue weighted by Crippen LogP contribution is -2.49. The van der Waals surface area contributed by atoms with E-state index in [1.54, 1.807) is 5.32 Å². The first kappa shape index (κ1) is 33.6. The highest BCUT2D eigenvalue weighted by Gasteiger charge is 2.32. The van der Waals surface area contributed by atoms with Crippen LogP contribution in [0.5, 0.6) is 0 Å². The highest BCUT2D eigenvalue weighted by Crippen LogP contribution is 2.22. The number of nitrogens with zero attached hydrogens (tertiary/aromatic N) is 3. The molecule has 0 bridgehead atoms. The molecule has 0 N–H and O–H groups in total. The second-order valence-electron chi connectivity index (χ2n) is 11.9. The predicted octanol–water partition coefficient (Wildman–Crippen LogP) is 9.94. The normalized spacial score (nSPS) is 10.9. The molecule has 6 aromatic rings. The zero-order chi connectivity index (χ0) is 31.9. The van der Waals surface area contributed by atoms with Crippen LogP contribution in [0.25, 0.3) is 0 Å². The number of aryl methyl sites for hydroxylation is 2. The van der Waals surface area contributed by atoms with Gasteiger partial charge in [-0.25, -0.2) is 0 Å². The smallest absolute Gasteiger partial charge is 0.107 e. The number of aromatic nitrogens is 3. The van der Waals surface area contributed by atoms with E-state index >= 15 is 0 Å². The highest BCUT2D eigenvalue weighted by atomic mass is 28.3. The molecular formula is C41H51N3Si. The summed E-state index contributed by atoms with van der Waals surface area (Å²) >= 11 is 0. The molecule has 0 amide bonds. The van der Waals surface area contributed by atoms with Crippen LogP contribution in [-0.2, 0) is 19.6 Å². The molecule has 0 aliphatic carbocycles. The molecule has 234 valence electrons. The molecule has 0 radical (unpaired) electrons. The SMILES string of the molecule is CC[Si](CC)(CC)c1ccc(C)n1Cc1ccccc1.Cc1cccn1Cc1ccccc1.c1ccc(Cn2cccc2)cc1. The molecule has 4 heteroatoms. The quantitative estimate of drug-likeness (QED) is 0.137. The summed E-state index contributed by atoms with van der Waals surface area (Å²) in [5.41, 5.74) is 6.80. The predicted molar refractivity (Wildman–Crippen MR) is 196 cm³/mol. The van der Waals surface area contributed by atoms with Crippen LogP contribution in [0.2, 0.25) is 18.1 Å². The van der Waals surface area contributed by atoms with Gasteiger partial charge in [-0.1, -0.05) is 130 Å². The van der Waals surface area contributed by atoms with Gasteiger partial charge in [-0.3, -0.25) is 0 Å². The molecule has 0 unspecified atom stereocenters. The molecule has 3 aromatic carbocycles. The first-order chi connectivity index (χ1) is 22.0. The van der Waals surface area contributed by atoms with Crippen molar-refractivity contribution in [1.29, 1.82) is 0 Å². The Kier molecular flexibility index (Phi) is 12.9. The van der Waals surface area contributed by atoms with Gasteiger partial charge < -0.3 is 13.7 Å². The van der Waals surface area contributed by atoms with Crippen molar-refractivity contribution in [2.75, 3.05) is 0 Å². The lowest BCUT2D eigenvalue weighted by molar-refractivity contribution is 0.776. The van der Waals surface area contributed by atoms with Gasteiger partial charge in [0.25, 0.3) is 0 Å². The van der Waals surface area contributed by atoms with Gasteiger partial charge in [-0.15, -0.1) is 0 Å². The monoisotopic (exact) mass is 613 g/mol. The highest BCUT2D eigenvalue weighted by molar-refractivity contribution is 6.91. The van der Waals surface area contributed by atoms with E-state index in [0.29, 0.717) is 0 Å². The van der Waals surface area contributed by atoms with E-state index in [-0.39, 0.29) is 0 Å². The second-order valence-corrected chi connectivity index (χ2v) is 17.1. The van der Waals surface area contributed by atoms with Gasteiger partial charge in [-0.2, -0.15) is 0 Å². The second kappa shape index (κ2) is 17.3. The van der Waals surface area contributed by atoms with Gasteiger partial charge in [0.05, 0.1) is 0 Å². The zero-order valence-corrected chi connectivity index (χ0v) is 28.9. The van der Waals surface area contributed by atoms with E-state index in [2.05, 4.69) is 170 Å². The van der Waals surface area contributed by atoms with Crippen LogP contribution >= 0.6 is 0 Å². The van der Waals surface area contributed by atoms with E-state index < -0.39 is 8.07 Å². The Morgan fingerprint density at radius 2 is 0.933 bits per heavy atom. The summed E-state index contributed by atoms with van der Waals surface area (Å²) in [7, 11) is -1.31. The molecule has 0 aliphatic heterocycles. The Hall–Kier alpha value is -4.28. The largest absolute Gasteiger partial charge is 0.350 e. The fourth-order valence-corrected chi connectivity index (χ4v) is 9.88. The minimum absolute atomic E-state index is 0.966. The van der Waals surface area contributed by atoms with Crippen molar-refractivity contribution in [3.05, 3.63) is 174 Å². The minimum Gasteiger partial charge on any atom is -0.350 e. The summed E-state index contributed by atoms with van der Waals surface area (Å²) in [5.74, 6) is 0. The van der Waals surface area contributed by atoms with Crippen LogP contribution in [0.4, 0.5) is 0 Å². The number of hydrogen-bond acceptors (Lipinski definition) is 0. The third-order valence-corrected chi connectivity index (χ3v) is 14.7. The summed E-state index contributed by atoms with van der Waals surface area (Å²) in [6.07, 6.45) is 6.27. The van der Waals surface area contributed by atoms with Gasteiger partial charge in [-0.05, 0) is 66.9 Å². The van der Waals surface area contributed by atoms with Gasteiger partial charge in [0, 0.05) is 54.9 Å². The Bertz CT molecular complexity index is 1620. The van der Waals surface area contributed by atoms with E-state index in [4.69, 9.17) is 0 Å². The Balaban J connectivity index is 0.000000160. The van der Waals surface area contributed by atoms with Crippen LogP contribution in [0.3, 0.4) is 0 Å². The fraction of sp³-hybridized carbons (Fsp3) is 0.268. The van der Waals surface area contributed by atoms with Gasteiger partial charge >= 0.3 is 0 Å². The van der Waals surface area contributed by atoms with Crippen molar-refractivity contribution >= 4 is 13.4 Å². The maximum Gasteiger partial charge on any atom is 0.107 e. The summed E-state index contributed by atoms with van der Waals surface area (Å²) in [5, 5.41) is 1.64. The standard InChI is InChI=1S/C18H27NSi.C12H13N.C11H11N/c1-5-20(6-2,7-3)18-14-13-16(4)19(18)15-17-11-9-8-10-12-17;1-11-6-5-9-13(11)10-12-7-3-2-4-8-12;1-2-6-11(7-3-1)10-12-8-4-5-9-12/h8-14H,5-7,15H2,1-4H3;2-9H,10H2,1H3;1-9H,10H2. The third kappa shape index (κ3) is 9.60. The first-order valence-corrected chi connectivity index (χ1v) is 19.1. The topological polar surface area (TPSA) is 14.8 Å². The van der Waals surface area contributed by atoms with Crippen molar-refractivity contribution in [2.24, 2.45) is 0 Å². The lowest BCUT2D eigenvalue weighted by atomic mass is 10.2. The van der Waals surface area contributed by atoms with Gasteiger partial charge in [0.2, 0.25) is 0 Å². The lowest BCUT2D eigenvalue weighted by Gasteiger charge is -2.30. The summed E-state index contributed by atoms with van der Waals surface area (Å²) in [6, 6.07) is 48.8. The average molecular weight is 614 g/mol. The van der Waals surface area contributed by atoms with Crippen molar-refractivity contribution < 1.29 is 0 Å². The number of rotatable bonds is 10. The van der Waals surface area contributed by atoms with E-state index in [1.807, 2.05) is 24.3 Å². The molecule has 45 heavy (non-hydrogen) atoms. The van der Waals surface area contributed by atoms with E-state index in [1.165, 1.54) is 46.2 Å². The molecule has 0 saturated heterocycles. The molecular weight excluding hydrogens is 563 g/mol. The fourth-order valence-electron chi connectivity index (χ4n) is 6.03. The van der Waals surface area contributed by atoms with Crippen molar-refractivity contribution in [2.45, 2.75) is 72.4 Å². The molecule has 6 rings (SSSR count). The Labute approximate surface area is 272 Å². The Morgan fingerprint density at radius 1 is 0.444 bits per heavy atom. The van der Waals surface area contributed by atoms with Crippen molar-refractivity contribution in [1.82, 2.24) is 13.7 Å². The van der Waals surface area contributed by atoms with Crippen LogP contribution in [-0.4, -0.2) is 21.8 Å². The molecule has 0 fully saturated rings. The third-order valence-electron chi connectivity index (χ3n) is 9.08. The molecule has 0 atom stereocenters. The number of hydrogen-bond donors (Lipinski definition) is 0. The van der Waals surface area contributed by atoms with Crippen molar-refractivity contribution in [3.8, 4) is 0 Å².